The molecule has 7 rings (SSSR count). The second kappa shape index (κ2) is 10.2. The Kier molecular flexibility index (Phi) is 6.52. The molecule has 2 saturated heterocycles. The molecule has 44 heavy (non-hydrogen) atoms. The van der Waals surface area contributed by atoms with Crippen molar-refractivity contribution in [1.82, 2.24) is 24.3 Å². The first-order valence-corrected chi connectivity index (χ1v) is 14.6. The Morgan fingerprint density at radius 3 is 2.73 bits per heavy atom. The van der Waals surface area contributed by atoms with E-state index in [4.69, 9.17) is 15.5 Å². The number of carbonyl (C=O) groups is 2. The van der Waals surface area contributed by atoms with E-state index < -0.39 is 17.6 Å². The van der Waals surface area contributed by atoms with Gasteiger partial charge in [0.2, 0.25) is 5.91 Å². The number of nitrogens with zero attached hydrogens (tertiary/aromatic N) is 5. The van der Waals surface area contributed by atoms with Crippen molar-refractivity contribution in [2.24, 2.45) is 5.41 Å². The highest BCUT2D eigenvalue weighted by Gasteiger charge is 2.60. The Morgan fingerprint density at radius 2 is 1.98 bits per heavy atom. The maximum atomic E-state index is 13.1. The van der Waals surface area contributed by atoms with E-state index in [1.807, 2.05) is 15.5 Å². The van der Waals surface area contributed by atoms with Crippen LogP contribution in [-0.4, -0.2) is 55.3 Å². The highest BCUT2D eigenvalue weighted by Crippen LogP contribution is 2.60. The molecule has 0 bridgehead atoms. The summed E-state index contributed by atoms with van der Waals surface area (Å²) in [6.45, 7) is 2.67. The fourth-order valence-electron chi connectivity index (χ4n) is 6.85. The fourth-order valence-corrected chi connectivity index (χ4v) is 6.85. The van der Waals surface area contributed by atoms with E-state index in [9.17, 15) is 22.8 Å². The van der Waals surface area contributed by atoms with Crippen LogP contribution in [0.25, 0.3) is 16.8 Å². The van der Waals surface area contributed by atoms with Crippen molar-refractivity contribution >= 4 is 29.0 Å². The number of aromatic nitrogens is 4. The van der Waals surface area contributed by atoms with Crippen molar-refractivity contribution < 1.29 is 27.5 Å². The zero-order chi connectivity index (χ0) is 30.8. The monoisotopic (exact) mass is 605 g/mol. The van der Waals surface area contributed by atoms with Crippen molar-refractivity contribution in [3.8, 4) is 17.0 Å². The van der Waals surface area contributed by atoms with Gasteiger partial charge in [0.15, 0.2) is 0 Å². The van der Waals surface area contributed by atoms with E-state index in [0.717, 1.165) is 49.8 Å². The first-order chi connectivity index (χ1) is 21.1. The number of pyridine rings is 1. The lowest BCUT2D eigenvalue weighted by Crippen LogP contribution is -2.43. The molecule has 3 aromatic heterocycles. The normalized spacial score (nSPS) is 20.6. The van der Waals surface area contributed by atoms with Crippen LogP contribution in [0.1, 0.15) is 66.7 Å². The summed E-state index contributed by atoms with van der Waals surface area (Å²) in [6, 6.07) is 6.65. The van der Waals surface area contributed by atoms with Crippen molar-refractivity contribution in [1.29, 1.82) is 0 Å². The third-order valence-corrected chi connectivity index (χ3v) is 9.11. The smallest absolute Gasteiger partial charge is 0.416 e. The summed E-state index contributed by atoms with van der Waals surface area (Å²) < 4.78 is 47.3. The standard InChI is InChI=1S/C31H30F3N7O3/c1-2-44-21-13-17(29(43)38-23-14-19(7-10-36-23)31(32,33)34)3-5-20(21)25-26-27(35)37-11-12-40(26)28(39-25)18-4-6-22-30(8-9-30)15-24(42)41(22)16-18/h3,5,7,10-14,18,22H,2,4,6,8-9,15-16H2,1H3,(H2,35,37)(H,36,38,43)/t18?,22-/m1/s1. The third-order valence-electron chi connectivity index (χ3n) is 9.11. The molecule has 3 N–H and O–H groups in total. The summed E-state index contributed by atoms with van der Waals surface area (Å²) in [4.78, 5) is 41.2. The van der Waals surface area contributed by atoms with Gasteiger partial charge >= 0.3 is 6.18 Å². The lowest BCUT2D eigenvalue weighted by Gasteiger charge is -2.37. The van der Waals surface area contributed by atoms with Crippen LogP contribution >= 0.6 is 0 Å². The molecule has 1 spiro atoms. The highest BCUT2D eigenvalue weighted by molar-refractivity contribution is 6.04. The Hall–Kier alpha value is -4.68. The minimum Gasteiger partial charge on any atom is -0.493 e. The molecule has 0 radical (unpaired) electrons. The predicted octanol–water partition coefficient (Wildman–Crippen LogP) is 5.30. The van der Waals surface area contributed by atoms with E-state index in [1.165, 1.54) is 6.07 Å². The first kappa shape index (κ1) is 28.1. The number of nitrogen functional groups attached to an aromatic ring is 1. The molecule has 4 aromatic rings. The van der Waals surface area contributed by atoms with E-state index >= 15 is 0 Å². The topological polar surface area (TPSA) is 128 Å². The number of anilines is 2. The highest BCUT2D eigenvalue weighted by atomic mass is 19.4. The van der Waals surface area contributed by atoms with Crippen LogP contribution in [0.2, 0.25) is 0 Å². The van der Waals surface area contributed by atoms with Crippen molar-refractivity contribution in [3.63, 3.8) is 0 Å². The SMILES string of the molecule is CCOc1cc(C(=O)Nc2cc(C(F)(F)F)ccn2)ccc1-c1nc(C2CC[C@H]3N(C2)C(=O)CC32CC2)n2ccnc(N)c12. The number of alkyl halides is 3. The van der Waals surface area contributed by atoms with Gasteiger partial charge in [-0.25, -0.2) is 15.0 Å². The number of halogens is 3. The molecule has 3 aliphatic rings. The summed E-state index contributed by atoms with van der Waals surface area (Å²) >= 11 is 0. The number of hydrogen-bond acceptors (Lipinski definition) is 7. The van der Waals surface area contributed by atoms with Crippen LogP contribution in [0.4, 0.5) is 24.8 Å². The summed E-state index contributed by atoms with van der Waals surface area (Å²) in [5.74, 6) is 0.715. The van der Waals surface area contributed by atoms with Crippen LogP contribution < -0.4 is 15.8 Å². The van der Waals surface area contributed by atoms with Gasteiger partial charge < -0.3 is 20.7 Å². The lowest BCUT2D eigenvalue weighted by molar-refractivity contribution is -0.137. The van der Waals surface area contributed by atoms with E-state index in [0.29, 0.717) is 41.5 Å². The summed E-state index contributed by atoms with van der Waals surface area (Å²) in [5.41, 5.74) is 7.49. The van der Waals surface area contributed by atoms with Gasteiger partial charge in [-0.2, -0.15) is 13.2 Å². The largest absolute Gasteiger partial charge is 0.493 e. The number of carbonyl (C=O) groups excluding carboxylic acids is 2. The van der Waals surface area contributed by atoms with Crippen LogP contribution in [0.5, 0.6) is 5.75 Å². The molecule has 1 aromatic carbocycles. The van der Waals surface area contributed by atoms with E-state index in [-0.39, 0.29) is 41.0 Å². The predicted molar refractivity (Wildman–Crippen MR) is 155 cm³/mol. The Bertz CT molecular complexity index is 1800. The van der Waals surface area contributed by atoms with Crippen LogP contribution in [0.15, 0.2) is 48.9 Å². The minimum absolute atomic E-state index is 0.00675. The molecule has 3 fully saturated rings. The second-order valence-electron chi connectivity index (χ2n) is 11.8. The van der Waals surface area contributed by atoms with Gasteiger partial charge in [-0.05, 0) is 68.4 Å². The molecule has 1 unspecified atom stereocenters. The van der Waals surface area contributed by atoms with Gasteiger partial charge in [0.1, 0.15) is 34.4 Å². The zero-order valence-electron chi connectivity index (χ0n) is 23.9. The number of amides is 2. The molecular formula is C31H30F3N7O3. The van der Waals surface area contributed by atoms with E-state index in [1.54, 1.807) is 25.3 Å². The Balaban J connectivity index is 1.23. The molecule has 228 valence electrons. The average Bonchev–Trinajstić information content (AvgIpc) is 3.58. The van der Waals surface area contributed by atoms with Crippen LogP contribution in [0, 0.1) is 5.41 Å². The van der Waals surface area contributed by atoms with Crippen molar-refractivity contribution in [2.45, 2.75) is 57.2 Å². The number of hydrogen-bond donors (Lipinski definition) is 2. The third kappa shape index (κ3) is 4.70. The molecule has 5 heterocycles. The van der Waals surface area contributed by atoms with Gasteiger partial charge in [0, 0.05) is 54.6 Å². The average molecular weight is 606 g/mol. The Morgan fingerprint density at radius 1 is 1.16 bits per heavy atom. The summed E-state index contributed by atoms with van der Waals surface area (Å²) in [7, 11) is 0. The van der Waals surface area contributed by atoms with Gasteiger partial charge in [0.05, 0.1) is 12.2 Å². The molecule has 1 aliphatic carbocycles. The van der Waals surface area contributed by atoms with Crippen molar-refractivity contribution in [2.75, 3.05) is 24.2 Å². The molecule has 2 atom stereocenters. The molecule has 2 aliphatic heterocycles. The van der Waals surface area contributed by atoms with Gasteiger partial charge in [-0.3, -0.25) is 14.0 Å². The molecule has 1 saturated carbocycles. The van der Waals surface area contributed by atoms with E-state index in [2.05, 4.69) is 15.3 Å². The summed E-state index contributed by atoms with van der Waals surface area (Å²) in [5, 5.41) is 2.43. The molecule has 10 nitrogen and oxygen atoms in total. The second-order valence-corrected chi connectivity index (χ2v) is 11.8. The number of rotatable bonds is 6. The number of ether oxygens (including phenoxy) is 1. The molecule has 2 amide bonds. The van der Waals surface area contributed by atoms with Gasteiger partial charge in [-0.15, -0.1) is 0 Å². The van der Waals surface area contributed by atoms with Crippen LogP contribution in [-0.2, 0) is 11.0 Å². The maximum Gasteiger partial charge on any atom is 0.416 e. The molecule has 13 heteroatoms. The van der Waals surface area contributed by atoms with Crippen molar-refractivity contribution in [3.05, 3.63) is 65.9 Å². The number of nitrogens with two attached hydrogens (primary N) is 1. The van der Waals surface area contributed by atoms with Gasteiger partial charge in [0.25, 0.3) is 5.91 Å². The zero-order valence-corrected chi connectivity index (χ0v) is 23.9. The minimum atomic E-state index is -4.57. The van der Waals surface area contributed by atoms with Crippen LogP contribution in [0.3, 0.4) is 0 Å². The number of piperidine rings is 1. The Labute approximate surface area is 250 Å². The number of nitrogens with one attached hydrogen (secondary N) is 1. The first-order valence-electron chi connectivity index (χ1n) is 14.6. The lowest BCUT2D eigenvalue weighted by atomic mass is 9.86. The maximum absolute atomic E-state index is 13.1. The quantitative estimate of drug-likeness (QED) is 0.305. The summed E-state index contributed by atoms with van der Waals surface area (Å²) in [6.07, 6.45) is 4.52. The van der Waals surface area contributed by atoms with Gasteiger partial charge in [-0.1, -0.05) is 0 Å². The number of imidazole rings is 1. The molecular weight excluding hydrogens is 575 g/mol. The number of fused-ring (bicyclic) bond motifs is 3. The number of benzene rings is 1. The fraction of sp³-hybridized carbons (Fsp3) is 0.387.